The monoisotopic (exact) mass is 389 g/mol. The predicted molar refractivity (Wildman–Crippen MR) is 98.5 cm³/mol. The van der Waals surface area contributed by atoms with Crippen LogP contribution >= 0.6 is 0 Å². The molecule has 0 radical (unpaired) electrons. The number of H-pyrrole nitrogens is 1. The van der Waals surface area contributed by atoms with Crippen molar-refractivity contribution < 1.29 is 16.4 Å². The summed E-state index contributed by atoms with van der Waals surface area (Å²) in [5.74, 6) is -3.35. The second-order valence-electron chi connectivity index (χ2n) is 5.98. The molecule has 0 aliphatic carbocycles. The molecule has 2 N–H and O–H groups in total. The van der Waals surface area contributed by atoms with Gasteiger partial charge in [-0.15, -0.1) is 0 Å². The van der Waals surface area contributed by atoms with Crippen LogP contribution < -0.4 is 16.6 Å². The average molecular weight is 389 g/mol. The van der Waals surface area contributed by atoms with Gasteiger partial charge in [0.1, 0.15) is 18.0 Å². The molecule has 0 bridgehead atoms. The molecule has 0 fully saturated rings. The van der Waals surface area contributed by atoms with Crippen LogP contribution in [0.4, 0.5) is 8.78 Å². The minimum Gasteiger partial charge on any atom is -0.346 e. The van der Waals surface area contributed by atoms with Gasteiger partial charge in [-0.25, -0.2) is 13.6 Å². The van der Waals surface area contributed by atoms with Gasteiger partial charge >= 0.3 is 5.69 Å². The molecule has 146 valence electrons. The summed E-state index contributed by atoms with van der Waals surface area (Å²) in [5.41, 5.74) is -1.40. The molecule has 1 amide bonds. The van der Waals surface area contributed by atoms with Gasteiger partial charge in [0.05, 0.1) is 22.8 Å². The summed E-state index contributed by atoms with van der Waals surface area (Å²) in [5, 5.41) is 10.7. The summed E-state index contributed by atoms with van der Waals surface area (Å²) < 4.78 is 27.9. The number of amides is 1. The van der Waals surface area contributed by atoms with E-state index >= 15 is 0 Å². The molecular formula is C18H17F2N5O3. The lowest BCUT2D eigenvalue weighted by molar-refractivity contribution is -0.122. The number of nitrogens with one attached hydrogen (secondary N) is 2. The number of carbonyl (C=O) groups is 1. The van der Waals surface area contributed by atoms with E-state index in [-0.39, 0.29) is 8.37 Å². The Morgan fingerprint density at radius 3 is 2.75 bits per heavy atom. The smallest absolute Gasteiger partial charge is 0.329 e. The number of hydrogen-bond donors (Lipinski definition) is 2. The quantitative estimate of drug-likeness (QED) is 0.702. The van der Waals surface area contributed by atoms with Gasteiger partial charge in [0.15, 0.2) is 11.6 Å². The first-order valence-electron chi connectivity index (χ1n) is 8.08. The van der Waals surface area contributed by atoms with Crippen LogP contribution in [0.3, 0.4) is 0 Å². The largest absolute Gasteiger partial charge is 0.346 e. The fourth-order valence-electron chi connectivity index (χ4n) is 2.65. The number of pyridine rings is 1. The maximum absolute atomic E-state index is 14.0. The zero-order valence-corrected chi connectivity index (χ0v) is 14.5. The second kappa shape index (κ2) is 7.40. The van der Waals surface area contributed by atoms with Crippen molar-refractivity contribution >= 4 is 16.8 Å². The SMILES string of the molecule is C[C@H](NC(=O)Cn1c(=O)[nH]c2ccc(F)c(F)c2c1=O)c1ccc(C#N)cn1.[HH].[HH]. The van der Waals surface area contributed by atoms with Crippen molar-refractivity contribution in [1.82, 2.24) is 19.9 Å². The van der Waals surface area contributed by atoms with Gasteiger partial charge in [-0.2, -0.15) is 5.26 Å². The summed E-state index contributed by atoms with van der Waals surface area (Å²) in [6.07, 6.45) is 1.34. The first-order chi connectivity index (χ1) is 13.3. The maximum Gasteiger partial charge on any atom is 0.329 e. The standard InChI is InChI=1S/C18H13F2N5O3.2H2/c1-9(12-4-2-10(6-21)7-22-12)23-14(26)8-25-17(27)15-13(24-18(25)28)5-3-11(19)16(15)20;;/h2-5,7,9H,8H2,1H3,(H,23,26)(H,24,28);2*1H/t9-;;/m0../s1. The summed E-state index contributed by atoms with van der Waals surface area (Å²) in [7, 11) is 0. The Labute approximate surface area is 159 Å². The van der Waals surface area contributed by atoms with Crippen molar-refractivity contribution in [2.24, 2.45) is 0 Å². The van der Waals surface area contributed by atoms with E-state index in [0.717, 1.165) is 12.1 Å². The number of nitriles is 1. The molecule has 2 aromatic heterocycles. The fourth-order valence-corrected chi connectivity index (χ4v) is 2.65. The normalized spacial score (nSPS) is 11.8. The molecule has 0 saturated carbocycles. The van der Waals surface area contributed by atoms with Crippen molar-refractivity contribution in [3.05, 3.63) is 74.2 Å². The van der Waals surface area contributed by atoms with E-state index in [2.05, 4.69) is 15.3 Å². The number of aromatic nitrogens is 3. The summed E-state index contributed by atoms with van der Waals surface area (Å²) in [6, 6.07) is 6.28. The summed E-state index contributed by atoms with van der Waals surface area (Å²) in [6.45, 7) is 0.926. The molecular weight excluding hydrogens is 372 g/mol. The molecule has 0 aliphatic heterocycles. The lowest BCUT2D eigenvalue weighted by Crippen LogP contribution is -2.41. The number of aromatic amines is 1. The van der Waals surface area contributed by atoms with Crippen molar-refractivity contribution in [3.8, 4) is 6.07 Å². The van der Waals surface area contributed by atoms with E-state index in [4.69, 9.17) is 5.26 Å². The molecule has 3 aromatic rings. The lowest BCUT2D eigenvalue weighted by Gasteiger charge is -2.14. The average Bonchev–Trinajstić information content (AvgIpc) is 2.68. The van der Waals surface area contributed by atoms with Crippen LogP contribution in [0.1, 0.15) is 27.1 Å². The van der Waals surface area contributed by atoms with E-state index in [1.807, 2.05) is 6.07 Å². The number of hydrogen-bond acceptors (Lipinski definition) is 5. The maximum atomic E-state index is 14.0. The Bertz CT molecular complexity index is 1240. The molecule has 0 aliphatic rings. The van der Waals surface area contributed by atoms with Gasteiger partial charge in [-0.3, -0.25) is 19.1 Å². The highest BCUT2D eigenvalue weighted by atomic mass is 19.2. The molecule has 0 unspecified atom stereocenters. The van der Waals surface area contributed by atoms with Crippen molar-refractivity contribution in [2.75, 3.05) is 0 Å². The molecule has 0 saturated heterocycles. The van der Waals surface area contributed by atoms with Crippen LogP contribution in [0.25, 0.3) is 10.9 Å². The molecule has 3 rings (SSSR count). The van der Waals surface area contributed by atoms with Crippen molar-refractivity contribution in [2.45, 2.75) is 19.5 Å². The third kappa shape index (κ3) is 3.50. The Morgan fingerprint density at radius 1 is 1.36 bits per heavy atom. The molecule has 28 heavy (non-hydrogen) atoms. The minimum atomic E-state index is -1.40. The van der Waals surface area contributed by atoms with E-state index in [9.17, 15) is 23.2 Å². The van der Waals surface area contributed by atoms with Crippen LogP contribution in [-0.2, 0) is 11.3 Å². The number of carbonyl (C=O) groups excluding carboxylic acids is 1. The third-order valence-electron chi connectivity index (χ3n) is 4.08. The summed E-state index contributed by atoms with van der Waals surface area (Å²) in [4.78, 5) is 43.0. The highest BCUT2D eigenvalue weighted by Crippen LogP contribution is 2.14. The number of benzene rings is 1. The Morgan fingerprint density at radius 2 is 2.11 bits per heavy atom. The third-order valence-corrected chi connectivity index (χ3v) is 4.08. The van der Waals surface area contributed by atoms with Gasteiger partial charge in [0.25, 0.3) is 5.56 Å². The fraction of sp³-hybridized carbons (Fsp3) is 0.167. The number of rotatable bonds is 4. The first kappa shape index (κ1) is 18.9. The van der Waals surface area contributed by atoms with E-state index in [1.165, 1.54) is 12.3 Å². The first-order valence-corrected chi connectivity index (χ1v) is 8.08. The number of nitrogens with zero attached hydrogens (tertiary/aromatic N) is 3. The van der Waals surface area contributed by atoms with Crippen LogP contribution in [-0.4, -0.2) is 20.4 Å². The van der Waals surface area contributed by atoms with Crippen molar-refractivity contribution in [1.29, 1.82) is 5.26 Å². The van der Waals surface area contributed by atoms with Crippen LogP contribution in [0.15, 0.2) is 40.1 Å². The van der Waals surface area contributed by atoms with Gasteiger partial charge in [-0.05, 0) is 31.2 Å². The topological polar surface area (TPSA) is 121 Å². The van der Waals surface area contributed by atoms with E-state index < -0.39 is 46.8 Å². The van der Waals surface area contributed by atoms with Crippen LogP contribution in [0.2, 0.25) is 0 Å². The van der Waals surface area contributed by atoms with Crippen molar-refractivity contribution in [3.63, 3.8) is 0 Å². The molecule has 2 heterocycles. The lowest BCUT2D eigenvalue weighted by atomic mass is 10.2. The Balaban J connectivity index is 0.00000225. The van der Waals surface area contributed by atoms with E-state index in [1.54, 1.807) is 13.0 Å². The van der Waals surface area contributed by atoms with Gasteiger partial charge < -0.3 is 10.3 Å². The van der Waals surface area contributed by atoms with Gasteiger partial charge in [0.2, 0.25) is 5.91 Å². The van der Waals surface area contributed by atoms with Crippen LogP contribution in [0.5, 0.6) is 0 Å². The number of halogens is 2. The van der Waals surface area contributed by atoms with E-state index in [0.29, 0.717) is 15.8 Å². The molecule has 1 atom stereocenters. The number of fused-ring (bicyclic) bond motifs is 1. The highest BCUT2D eigenvalue weighted by molar-refractivity contribution is 5.79. The zero-order chi connectivity index (χ0) is 20.4. The Hall–Kier alpha value is -3.87. The summed E-state index contributed by atoms with van der Waals surface area (Å²) >= 11 is 0. The predicted octanol–water partition coefficient (Wildman–Crippen LogP) is 1.60. The minimum absolute atomic E-state index is 0. The second-order valence-corrected chi connectivity index (χ2v) is 5.98. The zero-order valence-electron chi connectivity index (χ0n) is 14.5. The van der Waals surface area contributed by atoms with Crippen LogP contribution in [0, 0.1) is 23.0 Å². The highest BCUT2D eigenvalue weighted by Gasteiger charge is 2.18. The Kier molecular flexibility index (Phi) is 5.00. The van der Waals surface area contributed by atoms with Gasteiger partial charge in [0, 0.05) is 9.05 Å². The van der Waals surface area contributed by atoms with Gasteiger partial charge in [-0.1, -0.05) is 0 Å². The molecule has 0 spiro atoms. The molecule has 1 aromatic carbocycles. The molecule has 10 heteroatoms. The molecule has 8 nitrogen and oxygen atoms in total.